The number of hydrogen-bond donors (Lipinski definition) is 2. The summed E-state index contributed by atoms with van der Waals surface area (Å²) in [6.45, 7) is -1.50. The van der Waals surface area contributed by atoms with Crippen LogP contribution in [0.5, 0.6) is 0 Å². The largest absolute Gasteiger partial charge is 0.411 e. The highest BCUT2D eigenvalue weighted by Gasteiger charge is 2.43. The van der Waals surface area contributed by atoms with Gasteiger partial charge < -0.3 is 15.8 Å². The van der Waals surface area contributed by atoms with E-state index < -0.39 is 18.2 Å². The first-order valence-corrected chi connectivity index (χ1v) is 6.41. The fourth-order valence-corrected chi connectivity index (χ4v) is 2.45. The predicted octanol–water partition coefficient (Wildman–Crippen LogP) is 1.53. The summed E-state index contributed by atoms with van der Waals surface area (Å²) in [7, 11) is 0. The number of halogens is 3. The Morgan fingerprint density at radius 2 is 1.95 bits per heavy atom. The molecule has 0 spiro atoms. The lowest BCUT2D eigenvalue weighted by Crippen LogP contribution is -2.48. The molecular formula is C11H17F3N2O2S. The molecule has 0 aromatic carbocycles. The van der Waals surface area contributed by atoms with Crippen LogP contribution in [0.1, 0.15) is 25.7 Å². The van der Waals surface area contributed by atoms with Crippen LogP contribution in [-0.2, 0) is 9.53 Å². The molecule has 0 radical (unpaired) electrons. The Morgan fingerprint density at radius 3 is 2.42 bits per heavy atom. The number of thiocarbonyl (C=S) groups is 1. The lowest BCUT2D eigenvalue weighted by atomic mass is 9.85. The number of hydrogen-bond acceptors (Lipinski definition) is 3. The predicted molar refractivity (Wildman–Crippen MR) is 67.6 cm³/mol. The zero-order valence-corrected chi connectivity index (χ0v) is 11.2. The first kappa shape index (κ1) is 16.2. The van der Waals surface area contributed by atoms with Gasteiger partial charge in [-0.15, -0.1) is 0 Å². The summed E-state index contributed by atoms with van der Waals surface area (Å²) in [5.74, 6) is -0.312. The highest BCUT2D eigenvalue weighted by molar-refractivity contribution is 7.80. The maximum atomic E-state index is 12.0. The molecule has 0 aromatic rings. The van der Waals surface area contributed by atoms with Crippen molar-refractivity contribution >= 4 is 23.1 Å². The van der Waals surface area contributed by atoms with E-state index in [1.54, 1.807) is 0 Å². The zero-order valence-electron chi connectivity index (χ0n) is 10.4. The lowest BCUT2D eigenvalue weighted by molar-refractivity contribution is -0.173. The highest BCUT2D eigenvalue weighted by atomic mass is 32.1. The first-order valence-electron chi connectivity index (χ1n) is 6.01. The van der Waals surface area contributed by atoms with E-state index in [4.69, 9.17) is 18.0 Å². The second-order valence-electron chi connectivity index (χ2n) is 4.58. The van der Waals surface area contributed by atoms with Crippen molar-refractivity contribution in [3.05, 3.63) is 0 Å². The molecule has 1 rings (SSSR count). The second-order valence-corrected chi connectivity index (χ2v) is 5.02. The summed E-state index contributed by atoms with van der Waals surface area (Å²) in [6, 6.07) is 0. The van der Waals surface area contributed by atoms with Gasteiger partial charge in [-0.2, -0.15) is 13.2 Å². The summed E-state index contributed by atoms with van der Waals surface area (Å²) in [5, 5.41) is 2.53. The van der Waals surface area contributed by atoms with Crippen LogP contribution in [0.4, 0.5) is 13.2 Å². The second kappa shape index (κ2) is 6.51. The zero-order chi connectivity index (χ0) is 14.5. The van der Waals surface area contributed by atoms with E-state index in [-0.39, 0.29) is 24.0 Å². The van der Waals surface area contributed by atoms with Gasteiger partial charge in [0.25, 0.3) is 0 Å². The minimum Gasteiger partial charge on any atom is -0.392 e. The molecule has 0 heterocycles. The van der Waals surface area contributed by atoms with E-state index in [1.807, 2.05) is 0 Å². The Balaban J connectivity index is 2.32. The molecule has 0 unspecified atom stereocenters. The average molecular weight is 298 g/mol. The van der Waals surface area contributed by atoms with Gasteiger partial charge in [0, 0.05) is 6.54 Å². The molecule has 0 saturated heterocycles. The topological polar surface area (TPSA) is 64.4 Å². The van der Waals surface area contributed by atoms with Crippen molar-refractivity contribution in [2.24, 2.45) is 11.1 Å². The van der Waals surface area contributed by atoms with Crippen molar-refractivity contribution in [1.82, 2.24) is 5.32 Å². The Hall–Kier alpha value is -0.890. The molecule has 19 heavy (non-hydrogen) atoms. The van der Waals surface area contributed by atoms with Crippen LogP contribution in [0.2, 0.25) is 0 Å². The Morgan fingerprint density at radius 1 is 1.37 bits per heavy atom. The molecule has 0 aromatic heterocycles. The normalized spacial score (nSPS) is 18.3. The third-order valence-corrected chi connectivity index (χ3v) is 3.55. The van der Waals surface area contributed by atoms with Crippen molar-refractivity contribution in [3.63, 3.8) is 0 Å². The maximum absolute atomic E-state index is 12.0. The van der Waals surface area contributed by atoms with E-state index in [9.17, 15) is 18.0 Å². The van der Waals surface area contributed by atoms with E-state index in [1.165, 1.54) is 0 Å². The van der Waals surface area contributed by atoms with E-state index in [2.05, 4.69) is 10.1 Å². The van der Waals surface area contributed by atoms with E-state index in [0.717, 1.165) is 12.8 Å². The maximum Gasteiger partial charge on any atom is 0.411 e. The summed E-state index contributed by atoms with van der Waals surface area (Å²) >= 11 is 4.93. The minimum absolute atomic E-state index is 0.0132. The molecule has 3 N–H and O–H groups in total. The van der Waals surface area contributed by atoms with Gasteiger partial charge in [0.05, 0.1) is 17.0 Å². The standard InChI is InChI=1S/C11H17F3N2O2S/c12-11(13,14)7-18-6-5-16-9(17)10(8(15)19)3-1-2-4-10/h1-7H2,(H2,15,19)(H,16,17). The van der Waals surface area contributed by atoms with Crippen LogP contribution in [0.25, 0.3) is 0 Å². The molecule has 1 fully saturated rings. The number of alkyl halides is 3. The first-order chi connectivity index (χ1) is 8.78. The van der Waals surface area contributed by atoms with Crippen LogP contribution in [0.15, 0.2) is 0 Å². The third-order valence-electron chi connectivity index (χ3n) is 3.16. The van der Waals surface area contributed by atoms with Gasteiger partial charge >= 0.3 is 6.18 Å². The van der Waals surface area contributed by atoms with Crippen LogP contribution in [0.3, 0.4) is 0 Å². The van der Waals surface area contributed by atoms with Crippen molar-refractivity contribution in [2.45, 2.75) is 31.9 Å². The van der Waals surface area contributed by atoms with Gasteiger partial charge in [0.2, 0.25) is 5.91 Å². The van der Waals surface area contributed by atoms with Gasteiger partial charge in [-0.05, 0) is 12.8 Å². The van der Waals surface area contributed by atoms with Gasteiger partial charge in [0.15, 0.2) is 0 Å². The van der Waals surface area contributed by atoms with Crippen LogP contribution < -0.4 is 11.1 Å². The molecular weight excluding hydrogens is 281 g/mol. The number of nitrogens with two attached hydrogens (primary N) is 1. The van der Waals surface area contributed by atoms with Gasteiger partial charge in [-0.25, -0.2) is 0 Å². The molecule has 0 aliphatic heterocycles. The SMILES string of the molecule is NC(=S)C1(C(=O)NCCOCC(F)(F)F)CCCC1. The number of carbonyl (C=O) groups is 1. The minimum atomic E-state index is -4.35. The molecule has 110 valence electrons. The lowest BCUT2D eigenvalue weighted by Gasteiger charge is -2.26. The molecule has 4 nitrogen and oxygen atoms in total. The van der Waals surface area contributed by atoms with Gasteiger partial charge in [-0.1, -0.05) is 25.1 Å². The Bertz CT molecular complexity index is 341. The van der Waals surface area contributed by atoms with Gasteiger partial charge in [-0.3, -0.25) is 4.79 Å². The number of amides is 1. The summed E-state index contributed by atoms with van der Waals surface area (Å²) in [4.78, 5) is 12.2. The summed E-state index contributed by atoms with van der Waals surface area (Å²) < 4.78 is 39.8. The molecule has 1 amide bonds. The van der Waals surface area contributed by atoms with Crippen molar-refractivity contribution in [1.29, 1.82) is 0 Å². The number of carbonyl (C=O) groups excluding carboxylic acids is 1. The quantitative estimate of drug-likeness (QED) is 0.576. The van der Waals surface area contributed by atoms with Crippen molar-refractivity contribution < 1.29 is 22.7 Å². The Kier molecular flexibility index (Phi) is 5.54. The molecule has 0 atom stereocenters. The smallest absolute Gasteiger partial charge is 0.392 e. The van der Waals surface area contributed by atoms with E-state index in [0.29, 0.717) is 12.8 Å². The summed E-state index contributed by atoms with van der Waals surface area (Å²) in [6.07, 6.45) is -1.42. The van der Waals surface area contributed by atoms with Crippen LogP contribution in [-0.4, -0.2) is 36.8 Å². The van der Waals surface area contributed by atoms with E-state index >= 15 is 0 Å². The molecule has 8 heteroatoms. The van der Waals surface area contributed by atoms with Crippen LogP contribution >= 0.6 is 12.2 Å². The molecule has 1 aliphatic carbocycles. The Labute approximate surface area is 114 Å². The van der Waals surface area contributed by atoms with Crippen molar-refractivity contribution in [2.75, 3.05) is 19.8 Å². The van der Waals surface area contributed by atoms with Crippen LogP contribution in [0, 0.1) is 5.41 Å². The third kappa shape index (κ3) is 4.61. The molecule has 0 bridgehead atoms. The molecule has 1 aliphatic rings. The van der Waals surface area contributed by atoms with Crippen molar-refractivity contribution in [3.8, 4) is 0 Å². The number of nitrogens with one attached hydrogen (secondary N) is 1. The monoisotopic (exact) mass is 298 g/mol. The van der Waals surface area contributed by atoms with Gasteiger partial charge in [0.1, 0.15) is 6.61 Å². The average Bonchev–Trinajstić information content (AvgIpc) is 2.76. The summed E-state index contributed by atoms with van der Waals surface area (Å²) in [5.41, 5.74) is 4.78. The number of ether oxygens (including phenoxy) is 1. The fourth-order valence-electron chi connectivity index (χ4n) is 2.16. The highest BCUT2D eigenvalue weighted by Crippen LogP contribution is 2.38. The molecule has 1 saturated carbocycles. The fraction of sp³-hybridized carbons (Fsp3) is 0.818. The number of rotatable bonds is 6.